The molecule has 2 fully saturated rings. The molecule has 2 aliphatic heterocycles. The van der Waals surface area contributed by atoms with E-state index in [4.69, 9.17) is 9.94 Å². The van der Waals surface area contributed by atoms with Gasteiger partial charge in [-0.15, -0.1) is 0 Å². The fourth-order valence-electron chi connectivity index (χ4n) is 4.07. The Morgan fingerprint density at radius 1 is 0.969 bits per heavy atom. The molecular weight excluding hydrogens is 406 g/mol. The molecule has 166 valence electrons. The van der Waals surface area contributed by atoms with Gasteiger partial charge in [-0.05, 0) is 54.8 Å². The van der Waals surface area contributed by atoms with Crippen LogP contribution in [0.25, 0.3) is 0 Å². The number of nitrogens with one attached hydrogen (secondary N) is 1. The summed E-state index contributed by atoms with van der Waals surface area (Å²) in [7, 11) is 0. The Morgan fingerprint density at radius 3 is 2.22 bits per heavy atom. The van der Waals surface area contributed by atoms with E-state index < -0.39 is 11.9 Å². The quantitative estimate of drug-likeness (QED) is 0.438. The summed E-state index contributed by atoms with van der Waals surface area (Å²) in [5.74, 6) is 5.54. The Labute approximate surface area is 187 Å². The van der Waals surface area contributed by atoms with Gasteiger partial charge in [-0.25, -0.2) is 5.48 Å². The summed E-state index contributed by atoms with van der Waals surface area (Å²) in [6, 6.07) is 14.7. The number of hydroxylamine groups is 1. The van der Waals surface area contributed by atoms with Crippen molar-refractivity contribution < 1.29 is 19.5 Å². The molecule has 32 heavy (non-hydrogen) atoms. The normalized spacial score (nSPS) is 18.7. The van der Waals surface area contributed by atoms with E-state index in [1.54, 1.807) is 17.6 Å². The Kier molecular flexibility index (Phi) is 7.17. The summed E-state index contributed by atoms with van der Waals surface area (Å²) in [4.78, 5) is 28.4. The third kappa shape index (κ3) is 5.35. The van der Waals surface area contributed by atoms with Crippen molar-refractivity contribution in [3.63, 3.8) is 0 Å². The van der Waals surface area contributed by atoms with Crippen LogP contribution in [0.2, 0.25) is 0 Å². The smallest absolute Gasteiger partial charge is 0.266 e. The molecule has 0 saturated carbocycles. The predicted molar refractivity (Wildman–Crippen MR) is 119 cm³/mol. The minimum atomic E-state index is -0.627. The minimum absolute atomic E-state index is 0.216. The van der Waals surface area contributed by atoms with Crippen molar-refractivity contribution in [2.45, 2.75) is 25.4 Å². The molecule has 2 amide bonds. The number of rotatable bonds is 4. The fraction of sp³-hybridized carbons (Fsp3) is 0.360. The van der Waals surface area contributed by atoms with Crippen molar-refractivity contribution in [2.24, 2.45) is 0 Å². The van der Waals surface area contributed by atoms with Crippen molar-refractivity contribution in [2.75, 3.05) is 32.8 Å². The van der Waals surface area contributed by atoms with E-state index in [-0.39, 0.29) is 5.91 Å². The molecule has 2 aromatic carbocycles. The highest BCUT2D eigenvalue weighted by molar-refractivity contribution is 5.97. The maximum atomic E-state index is 12.8. The maximum absolute atomic E-state index is 12.8. The lowest BCUT2D eigenvalue weighted by molar-refractivity contribution is -0.133. The number of nitrogens with zero attached hydrogens (tertiary/aromatic N) is 2. The molecule has 2 N–H and O–H groups in total. The lowest BCUT2D eigenvalue weighted by atomic mass is 10.1. The molecule has 7 nitrogen and oxygen atoms in total. The third-order valence-corrected chi connectivity index (χ3v) is 5.87. The SMILES string of the molecule is O=C(NO)[C@@H]1CCCN1C(=O)c1ccc(C#Cc2ccc(CN3CCOCC3)cc2)cc1. The van der Waals surface area contributed by atoms with Gasteiger partial charge < -0.3 is 9.64 Å². The Hall–Kier alpha value is -3.18. The second-order valence-electron chi connectivity index (χ2n) is 8.05. The van der Waals surface area contributed by atoms with Crippen LogP contribution in [0, 0.1) is 11.8 Å². The monoisotopic (exact) mass is 433 g/mol. The molecule has 0 aliphatic carbocycles. The van der Waals surface area contributed by atoms with Gasteiger partial charge in [0.1, 0.15) is 6.04 Å². The first-order chi connectivity index (χ1) is 15.6. The molecule has 2 aromatic rings. The lowest BCUT2D eigenvalue weighted by Crippen LogP contribution is -2.45. The first-order valence-corrected chi connectivity index (χ1v) is 10.9. The molecule has 2 aliphatic rings. The maximum Gasteiger partial charge on any atom is 0.266 e. The van der Waals surface area contributed by atoms with Gasteiger partial charge in [-0.1, -0.05) is 24.0 Å². The van der Waals surface area contributed by atoms with Crippen molar-refractivity contribution >= 4 is 11.8 Å². The number of hydrogen-bond acceptors (Lipinski definition) is 5. The van der Waals surface area contributed by atoms with E-state index in [1.807, 2.05) is 24.3 Å². The van der Waals surface area contributed by atoms with Gasteiger partial charge in [0, 0.05) is 42.9 Å². The fourth-order valence-corrected chi connectivity index (χ4v) is 4.07. The average Bonchev–Trinajstić information content (AvgIpc) is 3.34. The zero-order valence-corrected chi connectivity index (χ0v) is 17.9. The molecule has 1 atom stereocenters. The topological polar surface area (TPSA) is 82.1 Å². The van der Waals surface area contributed by atoms with Gasteiger partial charge in [0.15, 0.2) is 0 Å². The third-order valence-electron chi connectivity index (χ3n) is 5.87. The number of morpholine rings is 1. The average molecular weight is 434 g/mol. The molecule has 2 saturated heterocycles. The van der Waals surface area contributed by atoms with Crippen LogP contribution >= 0.6 is 0 Å². The van der Waals surface area contributed by atoms with Gasteiger partial charge in [0.2, 0.25) is 0 Å². The Morgan fingerprint density at radius 2 is 1.59 bits per heavy atom. The lowest BCUT2D eigenvalue weighted by Gasteiger charge is -2.26. The first kappa shape index (κ1) is 22.0. The van der Waals surface area contributed by atoms with Crippen molar-refractivity contribution in [1.29, 1.82) is 0 Å². The summed E-state index contributed by atoms with van der Waals surface area (Å²) < 4.78 is 5.39. The van der Waals surface area contributed by atoms with E-state index in [2.05, 4.69) is 28.9 Å². The van der Waals surface area contributed by atoms with Gasteiger partial charge in [-0.3, -0.25) is 19.7 Å². The van der Waals surface area contributed by atoms with E-state index in [0.29, 0.717) is 18.5 Å². The number of ether oxygens (including phenoxy) is 1. The zero-order valence-electron chi connectivity index (χ0n) is 17.9. The van der Waals surface area contributed by atoms with Crippen LogP contribution < -0.4 is 5.48 Å². The number of benzene rings is 2. The van der Waals surface area contributed by atoms with Crippen LogP contribution in [0.15, 0.2) is 48.5 Å². The minimum Gasteiger partial charge on any atom is -0.379 e. The highest BCUT2D eigenvalue weighted by Crippen LogP contribution is 2.20. The van der Waals surface area contributed by atoms with E-state index in [9.17, 15) is 9.59 Å². The first-order valence-electron chi connectivity index (χ1n) is 10.9. The van der Waals surface area contributed by atoms with Crippen LogP contribution in [0.4, 0.5) is 0 Å². The van der Waals surface area contributed by atoms with Crippen LogP contribution in [-0.4, -0.2) is 65.7 Å². The van der Waals surface area contributed by atoms with Crippen LogP contribution in [0.3, 0.4) is 0 Å². The van der Waals surface area contributed by atoms with E-state index >= 15 is 0 Å². The molecule has 0 unspecified atom stereocenters. The van der Waals surface area contributed by atoms with Crippen molar-refractivity contribution in [3.05, 3.63) is 70.8 Å². The highest BCUT2D eigenvalue weighted by Gasteiger charge is 2.34. The molecular formula is C25H27N3O4. The number of amides is 2. The second-order valence-corrected chi connectivity index (χ2v) is 8.05. The molecule has 0 radical (unpaired) electrons. The van der Waals surface area contributed by atoms with Crippen LogP contribution in [0.1, 0.15) is 39.9 Å². The van der Waals surface area contributed by atoms with E-state index in [0.717, 1.165) is 50.4 Å². The summed E-state index contributed by atoms with van der Waals surface area (Å²) in [5, 5.41) is 8.88. The van der Waals surface area contributed by atoms with Crippen LogP contribution in [-0.2, 0) is 16.1 Å². The Bertz CT molecular complexity index is 1000. The van der Waals surface area contributed by atoms with Gasteiger partial charge >= 0.3 is 0 Å². The highest BCUT2D eigenvalue weighted by atomic mass is 16.5. The molecule has 0 bridgehead atoms. The largest absolute Gasteiger partial charge is 0.379 e. The molecule has 7 heteroatoms. The van der Waals surface area contributed by atoms with Gasteiger partial charge in [0.05, 0.1) is 13.2 Å². The molecule has 4 rings (SSSR count). The molecule has 0 spiro atoms. The molecule has 2 heterocycles. The zero-order chi connectivity index (χ0) is 22.3. The van der Waals surface area contributed by atoms with Gasteiger partial charge in [0.25, 0.3) is 11.8 Å². The number of carbonyl (C=O) groups excluding carboxylic acids is 2. The van der Waals surface area contributed by atoms with Crippen molar-refractivity contribution in [3.8, 4) is 11.8 Å². The van der Waals surface area contributed by atoms with Crippen molar-refractivity contribution in [1.82, 2.24) is 15.3 Å². The predicted octanol–water partition coefficient (Wildman–Crippen LogP) is 2.03. The summed E-state index contributed by atoms with van der Waals surface area (Å²) in [5.41, 5.74) is 5.16. The molecule has 0 aromatic heterocycles. The standard InChI is InChI=1S/C25H27N3O4/c29-24(26-31)23-2-1-13-28(23)25(30)22-11-9-20(10-12-22)4-3-19-5-7-21(8-6-19)18-27-14-16-32-17-15-27/h5-12,23,31H,1-2,13-18H2,(H,26,29)/t23-/m0/s1. The van der Waals surface area contributed by atoms with E-state index in [1.165, 1.54) is 10.5 Å². The summed E-state index contributed by atoms with van der Waals surface area (Å²) in [6.07, 6.45) is 1.28. The number of hydrogen-bond donors (Lipinski definition) is 2. The summed E-state index contributed by atoms with van der Waals surface area (Å²) >= 11 is 0. The number of likely N-dealkylation sites (tertiary alicyclic amines) is 1. The Balaban J connectivity index is 1.37. The van der Waals surface area contributed by atoms with Gasteiger partial charge in [-0.2, -0.15) is 0 Å². The number of carbonyl (C=O) groups is 2. The van der Waals surface area contributed by atoms with Crippen LogP contribution in [0.5, 0.6) is 0 Å². The second kappa shape index (κ2) is 10.4. The summed E-state index contributed by atoms with van der Waals surface area (Å²) in [6.45, 7) is 4.94.